The van der Waals surface area contributed by atoms with Gasteiger partial charge in [0.1, 0.15) is 0 Å². The van der Waals surface area contributed by atoms with Gasteiger partial charge in [-0.2, -0.15) is 5.21 Å². The van der Waals surface area contributed by atoms with Crippen molar-refractivity contribution in [3.63, 3.8) is 0 Å². The number of tetrazole rings is 1. The summed E-state index contributed by atoms with van der Waals surface area (Å²) in [5.41, 5.74) is 2.32. The maximum Gasteiger partial charge on any atom is 0.293 e. The molecule has 1 amide bonds. The average Bonchev–Trinajstić information content (AvgIpc) is 2.92. The Labute approximate surface area is 105 Å². The van der Waals surface area contributed by atoms with Crippen LogP contribution in [-0.2, 0) is 6.42 Å². The second-order valence-corrected chi connectivity index (χ2v) is 4.03. The molecular formula is C12H15N5O. The van der Waals surface area contributed by atoms with Gasteiger partial charge in [0, 0.05) is 0 Å². The summed E-state index contributed by atoms with van der Waals surface area (Å²) in [5, 5.41) is 15.7. The molecule has 6 heteroatoms. The highest BCUT2D eigenvalue weighted by Crippen LogP contribution is 2.13. The highest BCUT2D eigenvalue weighted by Gasteiger charge is 2.14. The minimum atomic E-state index is -0.337. The Kier molecular flexibility index (Phi) is 3.66. The van der Waals surface area contributed by atoms with Crippen molar-refractivity contribution in [2.45, 2.75) is 26.3 Å². The Morgan fingerprint density at radius 3 is 2.67 bits per heavy atom. The fraction of sp³-hybridized carbons (Fsp3) is 0.333. The number of hydrogen-bond donors (Lipinski definition) is 2. The predicted octanol–water partition coefficient (Wildman–Crippen LogP) is 1.25. The first-order chi connectivity index (χ1) is 8.70. The zero-order chi connectivity index (χ0) is 13.0. The molecule has 1 heterocycles. The highest BCUT2D eigenvalue weighted by atomic mass is 16.2. The summed E-state index contributed by atoms with van der Waals surface area (Å²) in [6.07, 6.45) is 1.00. The zero-order valence-corrected chi connectivity index (χ0v) is 10.3. The van der Waals surface area contributed by atoms with Crippen LogP contribution in [0.25, 0.3) is 0 Å². The zero-order valence-electron chi connectivity index (χ0n) is 10.3. The minimum absolute atomic E-state index is 0.0482. The Morgan fingerprint density at radius 2 is 2.11 bits per heavy atom. The van der Waals surface area contributed by atoms with E-state index in [0.717, 1.165) is 12.0 Å². The van der Waals surface area contributed by atoms with Crippen LogP contribution in [0, 0.1) is 0 Å². The second-order valence-electron chi connectivity index (χ2n) is 4.03. The van der Waals surface area contributed by atoms with Crippen LogP contribution in [0.15, 0.2) is 24.3 Å². The van der Waals surface area contributed by atoms with Crippen molar-refractivity contribution in [3.8, 4) is 0 Å². The fourth-order valence-electron chi connectivity index (χ4n) is 1.64. The lowest BCUT2D eigenvalue weighted by atomic mass is 10.1. The number of benzene rings is 1. The number of carbonyl (C=O) groups is 1. The van der Waals surface area contributed by atoms with Crippen molar-refractivity contribution in [2.24, 2.45) is 0 Å². The summed E-state index contributed by atoms with van der Waals surface area (Å²) in [6.45, 7) is 4.02. The van der Waals surface area contributed by atoms with Gasteiger partial charge in [-0.1, -0.05) is 31.2 Å². The fourth-order valence-corrected chi connectivity index (χ4v) is 1.64. The van der Waals surface area contributed by atoms with Gasteiger partial charge < -0.3 is 5.32 Å². The van der Waals surface area contributed by atoms with E-state index in [1.54, 1.807) is 0 Å². The molecule has 1 aromatic carbocycles. The van der Waals surface area contributed by atoms with E-state index in [0.29, 0.717) is 0 Å². The molecule has 0 saturated heterocycles. The number of rotatable bonds is 4. The number of aromatic nitrogens is 4. The molecule has 1 aromatic heterocycles. The number of hydrogen-bond acceptors (Lipinski definition) is 4. The Bertz CT molecular complexity index is 506. The van der Waals surface area contributed by atoms with Gasteiger partial charge in [-0.25, -0.2) is 0 Å². The summed E-state index contributed by atoms with van der Waals surface area (Å²) in [5.74, 6) is -0.289. The van der Waals surface area contributed by atoms with Gasteiger partial charge >= 0.3 is 0 Å². The van der Waals surface area contributed by atoms with E-state index in [9.17, 15) is 4.79 Å². The minimum Gasteiger partial charge on any atom is -0.343 e. The lowest BCUT2D eigenvalue weighted by molar-refractivity contribution is 0.0929. The van der Waals surface area contributed by atoms with Crippen LogP contribution in [0.5, 0.6) is 0 Å². The van der Waals surface area contributed by atoms with Crippen LogP contribution in [0.2, 0.25) is 0 Å². The van der Waals surface area contributed by atoms with Crippen LogP contribution in [-0.4, -0.2) is 26.5 Å². The third-order valence-corrected chi connectivity index (χ3v) is 2.78. The van der Waals surface area contributed by atoms with Crippen molar-refractivity contribution >= 4 is 5.91 Å². The molecule has 0 aliphatic heterocycles. The van der Waals surface area contributed by atoms with Crippen molar-refractivity contribution < 1.29 is 4.79 Å². The summed E-state index contributed by atoms with van der Waals surface area (Å²) in [6, 6.07) is 8.06. The molecule has 1 unspecified atom stereocenters. The van der Waals surface area contributed by atoms with Gasteiger partial charge in [0.15, 0.2) is 0 Å². The first-order valence-electron chi connectivity index (χ1n) is 5.84. The van der Waals surface area contributed by atoms with Crippen molar-refractivity contribution in [3.05, 3.63) is 41.2 Å². The van der Waals surface area contributed by atoms with Gasteiger partial charge in [-0.3, -0.25) is 4.79 Å². The van der Waals surface area contributed by atoms with Crippen molar-refractivity contribution in [1.29, 1.82) is 0 Å². The quantitative estimate of drug-likeness (QED) is 0.849. The second kappa shape index (κ2) is 5.39. The molecule has 6 nitrogen and oxygen atoms in total. The van der Waals surface area contributed by atoms with E-state index in [4.69, 9.17) is 0 Å². The van der Waals surface area contributed by atoms with E-state index in [2.05, 4.69) is 45.0 Å². The molecule has 0 saturated carbocycles. The molecule has 2 N–H and O–H groups in total. The molecular weight excluding hydrogens is 230 g/mol. The van der Waals surface area contributed by atoms with E-state index < -0.39 is 0 Å². The maximum absolute atomic E-state index is 11.7. The van der Waals surface area contributed by atoms with Crippen molar-refractivity contribution in [1.82, 2.24) is 25.9 Å². The first-order valence-corrected chi connectivity index (χ1v) is 5.84. The summed E-state index contributed by atoms with van der Waals surface area (Å²) >= 11 is 0. The van der Waals surface area contributed by atoms with Gasteiger partial charge in [-0.05, 0) is 29.7 Å². The molecule has 94 valence electrons. The average molecular weight is 245 g/mol. The molecule has 0 spiro atoms. The number of nitrogens with zero attached hydrogens (tertiary/aromatic N) is 3. The van der Waals surface area contributed by atoms with Crippen molar-refractivity contribution in [2.75, 3.05) is 0 Å². The van der Waals surface area contributed by atoms with E-state index in [1.165, 1.54) is 5.56 Å². The van der Waals surface area contributed by atoms with Gasteiger partial charge in [0.2, 0.25) is 0 Å². The van der Waals surface area contributed by atoms with Crippen LogP contribution in [0.3, 0.4) is 0 Å². The molecule has 2 rings (SSSR count). The Balaban J connectivity index is 2.02. The molecule has 18 heavy (non-hydrogen) atoms. The number of H-pyrrole nitrogens is 1. The standard InChI is InChI=1S/C12H15N5O/c1-3-9-4-6-10(7-5-9)8(2)13-12(18)11-14-16-17-15-11/h4-8H,3H2,1-2H3,(H,13,18)(H,14,15,16,17). The summed E-state index contributed by atoms with van der Waals surface area (Å²) in [7, 11) is 0. The predicted molar refractivity (Wildman–Crippen MR) is 65.9 cm³/mol. The van der Waals surface area contributed by atoms with Crippen LogP contribution >= 0.6 is 0 Å². The number of aryl methyl sites for hydroxylation is 1. The number of carbonyl (C=O) groups excluding carboxylic acids is 1. The third kappa shape index (κ3) is 2.71. The Morgan fingerprint density at radius 1 is 1.39 bits per heavy atom. The topological polar surface area (TPSA) is 83.6 Å². The lowest BCUT2D eigenvalue weighted by Gasteiger charge is -2.13. The van der Waals surface area contributed by atoms with Crippen LogP contribution in [0.4, 0.5) is 0 Å². The smallest absolute Gasteiger partial charge is 0.293 e. The van der Waals surface area contributed by atoms with Crippen LogP contribution < -0.4 is 5.32 Å². The SMILES string of the molecule is CCc1ccc(C(C)NC(=O)c2nn[nH]n2)cc1. The number of amides is 1. The molecule has 1 atom stereocenters. The molecule has 0 radical (unpaired) electrons. The largest absolute Gasteiger partial charge is 0.343 e. The van der Waals surface area contributed by atoms with E-state index in [1.807, 2.05) is 19.1 Å². The first kappa shape index (κ1) is 12.2. The van der Waals surface area contributed by atoms with E-state index >= 15 is 0 Å². The van der Waals surface area contributed by atoms with Gasteiger partial charge in [-0.15, -0.1) is 10.2 Å². The maximum atomic E-state index is 11.7. The van der Waals surface area contributed by atoms with Crippen LogP contribution in [0.1, 0.15) is 41.6 Å². The molecule has 0 fully saturated rings. The highest BCUT2D eigenvalue weighted by molar-refractivity contribution is 5.90. The Hall–Kier alpha value is -2.24. The lowest BCUT2D eigenvalue weighted by Crippen LogP contribution is -2.27. The number of nitrogens with one attached hydrogen (secondary N) is 2. The summed E-state index contributed by atoms with van der Waals surface area (Å²) < 4.78 is 0. The normalized spacial score (nSPS) is 12.1. The summed E-state index contributed by atoms with van der Waals surface area (Å²) in [4.78, 5) is 11.7. The molecule has 0 bridgehead atoms. The number of aromatic amines is 1. The molecule has 2 aromatic rings. The van der Waals surface area contributed by atoms with E-state index in [-0.39, 0.29) is 17.8 Å². The molecule has 0 aliphatic carbocycles. The monoisotopic (exact) mass is 245 g/mol. The third-order valence-electron chi connectivity index (χ3n) is 2.78. The van der Waals surface area contributed by atoms with Gasteiger partial charge in [0.25, 0.3) is 11.7 Å². The van der Waals surface area contributed by atoms with Gasteiger partial charge in [0.05, 0.1) is 6.04 Å². The molecule has 0 aliphatic rings.